The predicted octanol–water partition coefficient (Wildman–Crippen LogP) is 1.91. The van der Waals surface area contributed by atoms with Gasteiger partial charge in [0, 0.05) is 21.2 Å². The number of nitrogens with two attached hydrogens (primary N) is 1. The number of benzene rings is 1. The van der Waals surface area contributed by atoms with Crippen molar-refractivity contribution in [3.63, 3.8) is 0 Å². The van der Waals surface area contributed by atoms with Gasteiger partial charge in [0.05, 0.1) is 5.75 Å². The lowest BCUT2D eigenvalue weighted by Gasteiger charge is -2.07. The molecule has 0 bridgehead atoms. The van der Waals surface area contributed by atoms with Gasteiger partial charge in [0.2, 0.25) is 10.0 Å². The highest BCUT2D eigenvalue weighted by Crippen LogP contribution is 2.25. The molecule has 0 radical (unpaired) electrons. The van der Waals surface area contributed by atoms with Gasteiger partial charge >= 0.3 is 0 Å². The second-order valence-electron chi connectivity index (χ2n) is 2.92. The summed E-state index contributed by atoms with van der Waals surface area (Å²) < 4.78 is 23.2. The topological polar surface area (TPSA) is 72.2 Å². The second-order valence-corrected chi connectivity index (χ2v) is 6.42. The lowest BCUT2D eigenvalue weighted by molar-refractivity contribution is 0.598. The SMILES string of the molecule is NS(=O)(=O)CCNc1cc(Br)ccc1Br. The van der Waals surface area contributed by atoms with Crippen LogP contribution in [0.5, 0.6) is 0 Å². The normalized spacial score (nSPS) is 11.4. The number of anilines is 1. The molecule has 7 heteroatoms. The van der Waals surface area contributed by atoms with Crippen molar-refractivity contribution in [3.05, 3.63) is 27.1 Å². The maximum atomic E-state index is 10.7. The van der Waals surface area contributed by atoms with Gasteiger partial charge in [-0.05, 0) is 34.1 Å². The highest BCUT2D eigenvalue weighted by molar-refractivity contribution is 9.11. The lowest BCUT2D eigenvalue weighted by Crippen LogP contribution is -2.22. The van der Waals surface area contributed by atoms with Crippen LogP contribution in [0.25, 0.3) is 0 Å². The molecule has 0 fully saturated rings. The summed E-state index contributed by atoms with van der Waals surface area (Å²) in [6.07, 6.45) is 0. The van der Waals surface area contributed by atoms with Gasteiger partial charge in [0.25, 0.3) is 0 Å². The average Bonchev–Trinajstić information content (AvgIpc) is 2.09. The molecule has 1 rings (SSSR count). The van der Waals surface area contributed by atoms with Crippen LogP contribution in [-0.4, -0.2) is 20.7 Å². The summed E-state index contributed by atoms with van der Waals surface area (Å²) in [7, 11) is -3.41. The van der Waals surface area contributed by atoms with E-state index in [9.17, 15) is 8.42 Å². The molecule has 0 saturated carbocycles. The van der Waals surface area contributed by atoms with Gasteiger partial charge in [-0.3, -0.25) is 0 Å². The Bertz CT molecular complexity index is 448. The van der Waals surface area contributed by atoms with E-state index in [2.05, 4.69) is 37.2 Å². The third-order valence-electron chi connectivity index (χ3n) is 1.63. The first-order valence-corrected chi connectivity index (χ1v) is 7.38. The number of sulfonamides is 1. The Morgan fingerprint density at radius 1 is 1.33 bits per heavy atom. The van der Waals surface area contributed by atoms with Crippen LogP contribution in [0.15, 0.2) is 27.1 Å². The first-order chi connectivity index (χ1) is 6.88. The molecule has 0 aliphatic heterocycles. The second kappa shape index (κ2) is 5.29. The van der Waals surface area contributed by atoms with Crippen molar-refractivity contribution in [2.24, 2.45) is 5.14 Å². The molecule has 1 aromatic carbocycles. The summed E-state index contributed by atoms with van der Waals surface area (Å²) >= 11 is 6.67. The van der Waals surface area contributed by atoms with Gasteiger partial charge in [-0.2, -0.15) is 0 Å². The third kappa shape index (κ3) is 4.96. The minimum atomic E-state index is -3.41. The van der Waals surface area contributed by atoms with E-state index in [4.69, 9.17) is 5.14 Å². The molecule has 15 heavy (non-hydrogen) atoms. The fraction of sp³-hybridized carbons (Fsp3) is 0.250. The molecule has 0 aliphatic carbocycles. The van der Waals surface area contributed by atoms with E-state index >= 15 is 0 Å². The Balaban J connectivity index is 2.61. The minimum Gasteiger partial charge on any atom is -0.383 e. The van der Waals surface area contributed by atoms with Gasteiger partial charge in [-0.1, -0.05) is 15.9 Å². The van der Waals surface area contributed by atoms with Crippen molar-refractivity contribution in [2.45, 2.75) is 0 Å². The molecule has 4 nitrogen and oxygen atoms in total. The predicted molar refractivity (Wildman–Crippen MR) is 68.3 cm³/mol. The van der Waals surface area contributed by atoms with E-state index in [-0.39, 0.29) is 12.3 Å². The van der Waals surface area contributed by atoms with Crippen LogP contribution >= 0.6 is 31.9 Å². The Hall–Kier alpha value is -0.110. The summed E-state index contributed by atoms with van der Waals surface area (Å²) in [6.45, 7) is 0.286. The monoisotopic (exact) mass is 356 g/mol. The number of halogens is 2. The molecular weight excluding hydrogens is 348 g/mol. The zero-order valence-corrected chi connectivity index (χ0v) is 11.7. The summed E-state index contributed by atoms with van der Waals surface area (Å²) in [6, 6.07) is 5.60. The fourth-order valence-corrected chi connectivity index (χ4v) is 2.10. The Morgan fingerprint density at radius 3 is 2.60 bits per heavy atom. The number of primary sulfonamides is 1. The molecule has 0 unspecified atom stereocenters. The number of rotatable bonds is 4. The highest BCUT2D eigenvalue weighted by Gasteiger charge is 2.04. The van der Waals surface area contributed by atoms with Crippen LogP contribution in [0.3, 0.4) is 0 Å². The zero-order chi connectivity index (χ0) is 11.5. The standard InChI is InChI=1S/C8H10Br2N2O2S/c9-6-1-2-7(10)8(5-6)12-3-4-15(11,13)14/h1-2,5,12H,3-4H2,(H2,11,13,14). The van der Waals surface area contributed by atoms with Gasteiger partial charge in [0.15, 0.2) is 0 Å². The Kier molecular flexibility index (Phi) is 4.57. The zero-order valence-electron chi connectivity index (χ0n) is 7.70. The largest absolute Gasteiger partial charge is 0.383 e. The third-order valence-corrected chi connectivity index (χ3v) is 3.59. The Labute approximate surface area is 106 Å². The van der Waals surface area contributed by atoms with E-state index < -0.39 is 10.0 Å². The van der Waals surface area contributed by atoms with Crippen molar-refractivity contribution in [1.82, 2.24) is 0 Å². The summed E-state index contributed by atoms with van der Waals surface area (Å²) in [5.41, 5.74) is 0.827. The quantitative estimate of drug-likeness (QED) is 0.864. The fourth-order valence-electron chi connectivity index (χ4n) is 0.961. The van der Waals surface area contributed by atoms with Crippen molar-refractivity contribution >= 4 is 47.6 Å². The lowest BCUT2D eigenvalue weighted by atomic mass is 10.3. The van der Waals surface area contributed by atoms with Crippen LogP contribution in [0.4, 0.5) is 5.69 Å². The molecule has 0 amide bonds. The van der Waals surface area contributed by atoms with Crippen LogP contribution < -0.4 is 10.5 Å². The maximum Gasteiger partial charge on any atom is 0.210 e. The minimum absolute atomic E-state index is 0.0913. The van der Waals surface area contributed by atoms with E-state index in [0.717, 1.165) is 14.6 Å². The maximum absolute atomic E-state index is 10.7. The summed E-state index contributed by atoms with van der Waals surface area (Å²) in [4.78, 5) is 0. The van der Waals surface area contributed by atoms with Crippen LogP contribution in [0.1, 0.15) is 0 Å². The molecular formula is C8H10Br2N2O2S. The van der Waals surface area contributed by atoms with Gasteiger partial charge in [-0.15, -0.1) is 0 Å². The van der Waals surface area contributed by atoms with E-state index in [1.54, 1.807) is 0 Å². The Morgan fingerprint density at radius 2 is 2.00 bits per heavy atom. The first kappa shape index (κ1) is 13.0. The van der Waals surface area contributed by atoms with Gasteiger partial charge < -0.3 is 5.32 Å². The summed E-state index contributed by atoms with van der Waals surface area (Å²) in [5.74, 6) is -0.0913. The first-order valence-electron chi connectivity index (χ1n) is 4.08. The van der Waals surface area contributed by atoms with E-state index in [0.29, 0.717) is 0 Å². The van der Waals surface area contributed by atoms with Crippen molar-refractivity contribution < 1.29 is 8.42 Å². The van der Waals surface area contributed by atoms with E-state index in [1.807, 2.05) is 18.2 Å². The van der Waals surface area contributed by atoms with E-state index in [1.165, 1.54) is 0 Å². The molecule has 1 aromatic rings. The molecule has 3 N–H and O–H groups in total. The van der Waals surface area contributed by atoms with Crippen LogP contribution in [0.2, 0.25) is 0 Å². The number of hydrogen-bond donors (Lipinski definition) is 2. The van der Waals surface area contributed by atoms with Gasteiger partial charge in [0.1, 0.15) is 0 Å². The van der Waals surface area contributed by atoms with Gasteiger partial charge in [-0.25, -0.2) is 13.6 Å². The van der Waals surface area contributed by atoms with Crippen LogP contribution in [0, 0.1) is 0 Å². The van der Waals surface area contributed by atoms with Crippen molar-refractivity contribution in [2.75, 3.05) is 17.6 Å². The average molecular weight is 358 g/mol. The molecule has 0 aromatic heterocycles. The molecule has 0 heterocycles. The molecule has 0 spiro atoms. The molecule has 0 saturated heterocycles. The van der Waals surface area contributed by atoms with Crippen molar-refractivity contribution in [1.29, 1.82) is 0 Å². The smallest absolute Gasteiger partial charge is 0.210 e. The number of hydrogen-bond acceptors (Lipinski definition) is 3. The molecule has 0 aliphatic rings. The summed E-state index contributed by atoms with van der Waals surface area (Å²) in [5, 5.41) is 7.85. The van der Waals surface area contributed by atoms with Crippen LogP contribution in [-0.2, 0) is 10.0 Å². The highest BCUT2D eigenvalue weighted by atomic mass is 79.9. The van der Waals surface area contributed by atoms with Crippen molar-refractivity contribution in [3.8, 4) is 0 Å². The number of nitrogens with one attached hydrogen (secondary N) is 1. The molecule has 0 atom stereocenters. The molecule has 84 valence electrons.